The van der Waals surface area contributed by atoms with Crippen molar-refractivity contribution in [3.05, 3.63) is 40.3 Å². The third-order valence-electron chi connectivity index (χ3n) is 5.12. The summed E-state index contributed by atoms with van der Waals surface area (Å²) in [5, 5.41) is 12.2. The lowest BCUT2D eigenvalue weighted by molar-refractivity contribution is 0.301. The Morgan fingerprint density at radius 1 is 1.19 bits per heavy atom. The van der Waals surface area contributed by atoms with Crippen molar-refractivity contribution >= 4 is 27.1 Å². The standard InChI is InChI=1S/C22H31ClN4O3S/c1-6-7-12-30-16-11-10-15(2)14-17(16)31(28,29)13-8-9-18-24-25-21-19(23)20(22(3,4)5)26-27(18)21/h10-11,14,26H,6-9,12-13H2,1-5H3. The van der Waals surface area contributed by atoms with Crippen LogP contribution >= 0.6 is 11.6 Å². The van der Waals surface area contributed by atoms with Gasteiger partial charge in [-0.05, 0) is 37.5 Å². The molecule has 3 aromatic rings. The molecule has 0 aliphatic rings. The third-order valence-corrected chi connectivity index (χ3v) is 7.30. The highest BCUT2D eigenvalue weighted by atomic mass is 35.5. The molecule has 0 amide bonds. The molecule has 0 aliphatic carbocycles. The number of nitrogens with one attached hydrogen (secondary N) is 1. The topological polar surface area (TPSA) is 89.3 Å². The highest BCUT2D eigenvalue weighted by Gasteiger charge is 2.25. The first kappa shape index (κ1) is 23.6. The second-order valence-corrected chi connectivity index (χ2v) is 11.4. The molecule has 7 nitrogen and oxygen atoms in total. The minimum Gasteiger partial charge on any atom is -0.492 e. The highest BCUT2D eigenvalue weighted by Crippen LogP contribution is 2.31. The van der Waals surface area contributed by atoms with E-state index in [0.29, 0.717) is 41.7 Å². The first-order valence-corrected chi connectivity index (χ1v) is 12.7. The molecule has 0 spiro atoms. The van der Waals surface area contributed by atoms with E-state index in [2.05, 4.69) is 43.0 Å². The molecule has 1 aromatic carbocycles. The molecule has 0 fully saturated rings. The molecular formula is C22H31ClN4O3S. The van der Waals surface area contributed by atoms with E-state index in [4.69, 9.17) is 16.3 Å². The fraction of sp³-hybridized carbons (Fsp3) is 0.545. The zero-order valence-electron chi connectivity index (χ0n) is 18.8. The largest absolute Gasteiger partial charge is 0.492 e. The van der Waals surface area contributed by atoms with Gasteiger partial charge in [-0.2, -0.15) is 0 Å². The maximum atomic E-state index is 13.1. The Hall–Kier alpha value is -2.06. The summed E-state index contributed by atoms with van der Waals surface area (Å²) in [5.41, 5.74) is 2.16. The molecule has 0 saturated heterocycles. The first-order valence-electron chi connectivity index (χ1n) is 10.6. The maximum Gasteiger partial charge on any atom is 0.196 e. The van der Waals surface area contributed by atoms with Crippen LogP contribution in [0.5, 0.6) is 5.75 Å². The van der Waals surface area contributed by atoms with Crippen molar-refractivity contribution in [2.45, 2.75) is 70.6 Å². The summed E-state index contributed by atoms with van der Waals surface area (Å²) >= 11 is 6.46. The number of ether oxygens (including phenoxy) is 1. The lowest BCUT2D eigenvalue weighted by Crippen LogP contribution is -2.13. The number of unbranched alkanes of at least 4 members (excludes halogenated alkanes) is 1. The fourth-order valence-corrected chi connectivity index (χ4v) is 5.33. The SMILES string of the molecule is CCCCOc1ccc(C)cc1S(=O)(=O)CCCc1nnc2c(Cl)c(C(C)(C)C)[nH]n12. The lowest BCUT2D eigenvalue weighted by atomic mass is 9.92. The van der Waals surface area contributed by atoms with Gasteiger partial charge in [0.2, 0.25) is 0 Å². The molecule has 0 unspecified atom stereocenters. The van der Waals surface area contributed by atoms with Gasteiger partial charge in [-0.25, -0.2) is 12.9 Å². The number of hydrogen-bond acceptors (Lipinski definition) is 5. The Bertz CT molecular complexity index is 1160. The molecule has 0 saturated carbocycles. The van der Waals surface area contributed by atoms with Crippen LogP contribution in [-0.4, -0.2) is 40.6 Å². The first-order chi connectivity index (χ1) is 14.5. The summed E-state index contributed by atoms with van der Waals surface area (Å²) in [5.74, 6) is 1.08. The summed E-state index contributed by atoms with van der Waals surface area (Å²) in [7, 11) is -3.50. The van der Waals surface area contributed by atoms with Crippen LogP contribution in [0, 0.1) is 6.92 Å². The number of fused-ring (bicyclic) bond motifs is 1. The normalized spacial score (nSPS) is 12.6. The number of aryl methyl sites for hydroxylation is 2. The molecule has 3 rings (SSSR count). The van der Waals surface area contributed by atoms with Gasteiger partial charge in [0.15, 0.2) is 21.3 Å². The number of aromatic nitrogens is 4. The molecule has 0 atom stereocenters. The van der Waals surface area contributed by atoms with Gasteiger partial charge in [0, 0.05) is 11.8 Å². The average molecular weight is 467 g/mol. The monoisotopic (exact) mass is 466 g/mol. The second-order valence-electron chi connectivity index (χ2n) is 8.90. The van der Waals surface area contributed by atoms with Gasteiger partial charge in [0.1, 0.15) is 15.7 Å². The zero-order chi connectivity index (χ0) is 22.8. The predicted molar refractivity (Wildman–Crippen MR) is 123 cm³/mol. The third kappa shape index (κ3) is 5.23. The van der Waals surface area contributed by atoms with E-state index in [1.807, 2.05) is 13.0 Å². The Labute approximate surface area is 189 Å². The molecule has 9 heteroatoms. The molecule has 2 aromatic heterocycles. The Kier molecular flexibility index (Phi) is 7.01. The van der Waals surface area contributed by atoms with E-state index in [-0.39, 0.29) is 16.1 Å². The van der Waals surface area contributed by atoms with E-state index in [1.165, 1.54) is 0 Å². The van der Waals surface area contributed by atoms with Gasteiger partial charge < -0.3 is 4.74 Å². The maximum absolute atomic E-state index is 13.1. The number of benzene rings is 1. The van der Waals surface area contributed by atoms with Crippen LogP contribution in [0.15, 0.2) is 23.1 Å². The van der Waals surface area contributed by atoms with Crippen LogP contribution in [0.2, 0.25) is 5.02 Å². The van der Waals surface area contributed by atoms with E-state index in [1.54, 1.807) is 16.6 Å². The van der Waals surface area contributed by atoms with Gasteiger partial charge in [0.25, 0.3) is 0 Å². The molecular weight excluding hydrogens is 436 g/mol. The van der Waals surface area contributed by atoms with Crippen LogP contribution in [0.3, 0.4) is 0 Å². The zero-order valence-corrected chi connectivity index (χ0v) is 20.4. The summed E-state index contributed by atoms with van der Waals surface area (Å²) in [6.07, 6.45) is 2.73. The van der Waals surface area contributed by atoms with Crippen molar-refractivity contribution in [2.24, 2.45) is 0 Å². The van der Waals surface area contributed by atoms with E-state index in [0.717, 1.165) is 24.1 Å². The van der Waals surface area contributed by atoms with Gasteiger partial charge in [-0.15, -0.1) is 10.2 Å². The summed E-state index contributed by atoms with van der Waals surface area (Å²) in [4.78, 5) is 0.257. The number of rotatable bonds is 9. The van der Waals surface area contributed by atoms with Gasteiger partial charge >= 0.3 is 0 Å². The van der Waals surface area contributed by atoms with Crippen molar-refractivity contribution in [1.82, 2.24) is 19.8 Å². The number of halogens is 1. The van der Waals surface area contributed by atoms with Gasteiger partial charge in [-0.1, -0.05) is 51.8 Å². The Balaban J connectivity index is 1.75. The van der Waals surface area contributed by atoms with Crippen molar-refractivity contribution < 1.29 is 13.2 Å². The quantitative estimate of drug-likeness (QED) is 0.453. The van der Waals surface area contributed by atoms with Crippen LogP contribution in [-0.2, 0) is 21.7 Å². The second kappa shape index (κ2) is 9.20. The van der Waals surface area contributed by atoms with Crippen molar-refractivity contribution in [2.75, 3.05) is 12.4 Å². The minimum atomic E-state index is -3.50. The van der Waals surface area contributed by atoms with Crippen molar-refractivity contribution in [1.29, 1.82) is 0 Å². The summed E-state index contributed by atoms with van der Waals surface area (Å²) < 4.78 is 33.6. The highest BCUT2D eigenvalue weighted by molar-refractivity contribution is 7.91. The summed E-state index contributed by atoms with van der Waals surface area (Å²) in [6.45, 7) is 10.6. The average Bonchev–Trinajstić information content (AvgIpc) is 3.23. The fourth-order valence-electron chi connectivity index (χ4n) is 3.34. The van der Waals surface area contributed by atoms with Crippen molar-refractivity contribution in [3.63, 3.8) is 0 Å². The smallest absolute Gasteiger partial charge is 0.196 e. The predicted octanol–water partition coefficient (Wildman–Crippen LogP) is 4.90. The van der Waals surface area contributed by atoms with Gasteiger partial charge in [-0.3, -0.25) is 5.10 Å². The Morgan fingerprint density at radius 2 is 1.94 bits per heavy atom. The number of aromatic amines is 1. The molecule has 31 heavy (non-hydrogen) atoms. The number of nitrogens with zero attached hydrogens (tertiary/aromatic N) is 3. The van der Waals surface area contributed by atoms with E-state index >= 15 is 0 Å². The molecule has 0 radical (unpaired) electrons. The molecule has 2 heterocycles. The molecule has 170 valence electrons. The molecule has 0 aliphatic heterocycles. The van der Waals surface area contributed by atoms with E-state index < -0.39 is 9.84 Å². The molecule has 1 N–H and O–H groups in total. The van der Waals surface area contributed by atoms with Crippen LogP contribution in [0.4, 0.5) is 0 Å². The van der Waals surface area contributed by atoms with Gasteiger partial charge in [0.05, 0.1) is 18.1 Å². The van der Waals surface area contributed by atoms with Crippen molar-refractivity contribution in [3.8, 4) is 5.75 Å². The number of sulfone groups is 1. The number of hydrogen-bond donors (Lipinski definition) is 1. The number of H-pyrrole nitrogens is 1. The van der Waals surface area contributed by atoms with Crippen LogP contribution in [0.1, 0.15) is 64.0 Å². The minimum absolute atomic E-state index is 0.00390. The lowest BCUT2D eigenvalue weighted by Gasteiger charge is -2.16. The van der Waals surface area contributed by atoms with Crippen LogP contribution in [0.25, 0.3) is 5.65 Å². The molecule has 0 bridgehead atoms. The Morgan fingerprint density at radius 3 is 2.61 bits per heavy atom. The summed E-state index contributed by atoms with van der Waals surface area (Å²) in [6, 6.07) is 5.30. The van der Waals surface area contributed by atoms with E-state index in [9.17, 15) is 8.42 Å². The van der Waals surface area contributed by atoms with Crippen LogP contribution < -0.4 is 4.74 Å².